The fraction of sp³-hybridized carbons (Fsp3) is 0. The molecule has 0 fully saturated rings. The minimum Gasteiger partial charge on any atom is -0.478 e. The van der Waals surface area contributed by atoms with Crippen molar-refractivity contribution in [2.75, 3.05) is 5.32 Å². The Morgan fingerprint density at radius 3 is 2.37 bits per heavy atom. The number of anilines is 1. The van der Waals surface area contributed by atoms with E-state index in [0.29, 0.717) is 10.0 Å². The molecule has 0 aliphatic heterocycles. The maximum Gasteiger partial charge on any atom is 0.338 e. The lowest BCUT2D eigenvalue weighted by Gasteiger charge is -2.05. The third-order valence-corrected chi connectivity index (χ3v) is 3.51. The summed E-state index contributed by atoms with van der Waals surface area (Å²) in [4.78, 5) is 22.9. The second-order valence-corrected chi connectivity index (χ2v) is 5.37. The quantitative estimate of drug-likeness (QED) is 0.899. The molecule has 1 aromatic heterocycles. The number of nitrogens with one attached hydrogen (secondary N) is 1. The molecule has 2 N–H and O–H groups in total. The van der Waals surface area contributed by atoms with E-state index >= 15 is 0 Å². The number of thiophene rings is 1. The van der Waals surface area contributed by atoms with Crippen molar-refractivity contribution in [3.8, 4) is 0 Å². The van der Waals surface area contributed by atoms with Crippen LogP contribution in [0.3, 0.4) is 0 Å². The average molecular weight is 316 g/mol. The molecule has 0 atom stereocenters. The summed E-state index contributed by atoms with van der Waals surface area (Å²) in [6, 6.07) is 5.84. The zero-order valence-electron chi connectivity index (χ0n) is 9.31. The lowest BCUT2D eigenvalue weighted by molar-refractivity contribution is 0.0698. The summed E-state index contributed by atoms with van der Waals surface area (Å²) in [7, 11) is 0. The summed E-state index contributed by atoms with van der Waals surface area (Å²) in [5.41, 5.74) is 0.314. The number of aromatic carboxylic acids is 1. The van der Waals surface area contributed by atoms with Crippen LogP contribution in [0.15, 0.2) is 29.6 Å². The van der Waals surface area contributed by atoms with Gasteiger partial charge in [-0.2, -0.15) is 0 Å². The smallest absolute Gasteiger partial charge is 0.338 e. The first kappa shape index (κ1) is 13.9. The van der Waals surface area contributed by atoms with Crippen molar-refractivity contribution < 1.29 is 14.7 Å². The van der Waals surface area contributed by atoms with E-state index in [2.05, 4.69) is 5.32 Å². The number of amides is 1. The number of carboxylic acids is 1. The molecule has 0 spiro atoms. The molecule has 1 aromatic carbocycles. The first-order chi connectivity index (χ1) is 8.97. The number of carbonyl (C=O) groups is 2. The number of carbonyl (C=O) groups excluding carboxylic acids is 1. The van der Waals surface area contributed by atoms with E-state index in [1.807, 2.05) is 0 Å². The van der Waals surface area contributed by atoms with E-state index in [-0.39, 0.29) is 16.1 Å². The SMILES string of the molecule is O=C(Nc1sccc1C(=O)O)c1cc(Cl)cc(Cl)c1. The van der Waals surface area contributed by atoms with Gasteiger partial charge in [0.25, 0.3) is 5.91 Å². The molecular weight excluding hydrogens is 309 g/mol. The van der Waals surface area contributed by atoms with Crippen LogP contribution in [-0.2, 0) is 0 Å². The second kappa shape index (κ2) is 5.61. The van der Waals surface area contributed by atoms with Gasteiger partial charge in [-0.25, -0.2) is 4.79 Å². The van der Waals surface area contributed by atoms with Crippen LogP contribution < -0.4 is 5.32 Å². The first-order valence-electron chi connectivity index (χ1n) is 5.05. The number of hydrogen-bond acceptors (Lipinski definition) is 3. The summed E-state index contributed by atoms with van der Waals surface area (Å²) in [5, 5.41) is 14.0. The van der Waals surface area contributed by atoms with Crippen LogP contribution in [0.4, 0.5) is 5.00 Å². The van der Waals surface area contributed by atoms with Crippen LogP contribution in [0.25, 0.3) is 0 Å². The summed E-state index contributed by atoms with van der Waals surface area (Å²) in [6.07, 6.45) is 0. The lowest BCUT2D eigenvalue weighted by atomic mass is 10.2. The summed E-state index contributed by atoms with van der Waals surface area (Å²) in [5.74, 6) is -1.56. The summed E-state index contributed by atoms with van der Waals surface area (Å²) >= 11 is 12.7. The maximum atomic E-state index is 12.0. The minimum absolute atomic E-state index is 0.0477. The van der Waals surface area contributed by atoms with Crippen LogP contribution in [0.1, 0.15) is 20.7 Å². The van der Waals surface area contributed by atoms with Gasteiger partial charge in [0.05, 0.1) is 5.56 Å². The van der Waals surface area contributed by atoms with E-state index in [4.69, 9.17) is 28.3 Å². The van der Waals surface area contributed by atoms with Gasteiger partial charge in [0.15, 0.2) is 0 Å². The van der Waals surface area contributed by atoms with Crippen LogP contribution in [0.2, 0.25) is 10.0 Å². The highest BCUT2D eigenvalue weighted by Crippen LogP contribution is 2.25. The van der Waals surface area contributed by atoms with Crippen molar-refractivity contribution in [3.05, 3.63) is 50.8 Å². The Labute approximate surface area is 122 Å². The van der Waals surface area contributed by atoms with Gasteiger partial charge >= 0.3 is 5.97 Å². The average Bonchev–Trinajstić information content (AvgIpc) is 2.75. The molecule has 0 saturated carbocycles. The van der Waals surface area contributed by atoms with E-state index in [1.165, 1.54) is 24.3 Å². The van der Waals surface area contributed by atoms with Crippen molar-refractivity contribution in [2.24, 2.45) is 0 Å². The largest absolute Gasteiger partial charge is 0.478 e. The Kier molecular flexibility index (Phi) is 4.09. The number of hydrogen-bond donors (Lipinski definition) is 2. The molecule has 4 nitrogen and oxygen atoms in total. The van der Waals surface area contributed by atoms with Crippen molar-refractivity contribution >= 4 is 51.4 Å². The Bertz CT molecular complexity index is 634. The van der Waals surface area contributed by atoms with Gasteiger partial charge in [-0.15, -0.1) is 11.3 Å². The molecule has 0 aliphatic rings. The highest BCUT2D eigenvalue weighted by atomic mass is 35.5. The molecule has 2 rings (SSSR count). The molecule has 0 aliphatic carbocycles. The van der Waals surface area contributed by atoms with Gasteiger partial charge in [0, 0.05) is 15.6 Å². The predicted octanol–water partition coefficient (Wildman–Crippen LogP) is 4.01. The number of rotatable bonds is 3. The minimum atomic E-state index is -1.10. The molecule has 0 bridgehead atoms. The van der Waals surface area contributed by atoms with Gasteiger partial charge in [0.2, 0.25) is 0 Å². The molecule has 2 aromatic rings. The fourth-order valence-corrected chi connectivity index (χ4v) is 2.73. The third kappa shape index (κ3) is 3.26. The molecule has 0 saturated heterocycles. The standard InChI is InChI=1S/C12H7Cl2NO3S/c13-7-3-6(4-8(14)5-7)10(16)15-11-9(12(17)18)1-2-19-11/h1-5H,(H,15,16)(H,17,18). The van der Waals surface area contributed by atoms with E-state index < -0.39 is 11.9 Å². The number of benzene rings is 1. The predicted molar refractivity (Wildman–Crippen MR) is 75.7 cm³/mol. The van der Waals surface area contributed by atoms with Crippen molar-refractivity contribution in [2.45, 2.75) is 0 Å². The molecule has 7 heteroatoms. The normalized spacial score (nSPS) is 10.2. The number of carboxylic acid groups (broad SMARTS) is 1. The van der Waals surface area contributed by atoms with Gasteiger partial charge in [-0.3, -0.25) is 4.79 Å². The topological polar surface area (TPSA) is 66.4 Å². The van der Waals surface area contributed by atoms with Crippen LogP contribution in [0, 0.1) is 0 Å². The first-order valence-corrected chi connectivity index (χ1v) is 6.69. The molecule has 1 heterocycles. The van der Waals surface area contributed by atoms with E-state index in [0.717, 1.165) is 11.3 Å². The van der Waals surface area contributed by atoms with Crippen molar-refractivity contribution in [3.63, 3.8) is 0 Å². The Hall–Kier alpha value is -1.56. The van der Waals surface area contributed by atoms with Gasteiger partial charge in [0.1, 0.15) is 5.00 Å². The highest BCUT2D eigenvalue weighted by Gasteiger charge is 2.15. The molecule has 1 amide bonds. The van der Waals surface area contributed by atoms with E-state index in [9.17, 15) is 9.59 Å². The summed E-state index contributed by atoms with van der Waals surface area (Å²) in [6.45, 7) is 0. The molecule has 19 heavy (non-hydrogen) atoms. The molecule has 0 radical (unpaired) electrons. The van der Waals surface area contributed by atoms with Gasteiger partial charge in [-0.1, -0.05) is 23.2 Å². The molecule has 98 valence electrons. The fourth-order valence-electron chi connectivity index (χ4n) is 1.43. The Morgan fingerprint density at radius 2 is 1.79 bits per heavy atom. The highest BCUT2D eigenvalue weighted by molar-refractivity contribution is 7.14. The third-order valence-electron chi connectivity index (χ3n) is 2.25. The van der Waals surface area contributed by atoms with E-state index in [1.54, 1.807) is 5.38 Å². The van der Waals surface area contributed by atoms with Gasteiger partial charge in [-0.05, 0) is 29.6 Å². The van der Waals surface area contributed by atoms with Gasteiger partial charge < -0.3 is 10.4 Å². The second-order valence-electron chi connectivity index (χ2n) is 3.58. The summed E-state index contributed by atoms with van der Waals surface area (Å²) < 4.78 is 0. The zero-order valence-corrected chi connectivity index (χ0v) is 11.6. The zero-order chi connectivity index (χ0) is 14.0. The Morgan fingerprint density at radius 1 is 1.16 bits per heavy atom. The number of halogens is 2. The molecule has 0 unspecified atom stereocenters. The lowest BCUT2D eigenvalue weighted by Crippen LogP contribution is -2.13. The Balaban J connectivity index is 2.25. The van der Waals surface area contributed by atoms with Crippen LogP contribution in [-0.4, -0.2) is 17.0 Å². The van der Waals surface area contributed by atoms with Crippen LogP contribution >= 0.6 is 34.5 Å². The van der Waals surface area contributed by atoms with Crippen molar-refractivity contribution in [1.29, 1.82) is 0 Å². The van der Waals surface area contributed by atoms with Crippen LogP contribution in [0.5, 0.6) is 0 Å². The molecular formula is C12H7Cl2NO3S. The maximum absolute atomic E-state index is 12.0. The van der Waals surface area contributed by atoms with Crippen molar-refractivity contribution in [1.82, 2.24) is 0 Å². The monoisotopic (exact) mass is 315 g/mol.